The van der Waals surface area contributed by atoms with Crippen molar-refractivity contribution in [3.8, 4) is 45.4 Å². The van der Waals surface area contributed by atoms with Crippen molar-refractivity contribution < 1.29 is 18.6 Å². The number of para-hydroxylation sites is 1. The summed E-state index contributed by atoms with van der Waals surface area (Å²) in [5.41, 5.74) is 4.88. The molecule has 45 heavy (non-hydrogen) atoms. The summed E-state index contributed by atoms with van der Waals surface area (Å²) in [4.78, 5) is 6.97. The number of hydrogen-bond donors (Lipinski definition) is 0. The molecule has 6 heteroatoms. The van der Waals surface area contributed by atoms with Gasteiger partial charge >= 0.3 is 6.01 Å². The molecule has 1 aliphatic rings. The maximum Gasteiger partial charge on any atom is 0.495 e. The molecule has 7 rings (SSSR count). The lowest BCUT2D eigenvalue weighted by Gasteiger charge is -2.12. The van der Waals surface area contributed by atoms with E-state index in [9.17, 15) is 0 Å². The predicted molar refractivity (Wildman–Crippen MR) is 179 cm³/mol. The van der Waals surface area contributed by atoms with E-state index < -0.39 is 0 Å². The summed E-state index contributed by atoms with van der Waals surface area (Å²) in [6.45, 7) is 0. The van der Waals surface area contributed by atoms with Crippen molar-refractivity contribution in [3.05, 3.63) is 158 Å². The van der Waals surface area contributed by atoms with Gasteiger partial charge in [0, 0.05) is 27.6 Å². The van der Waals surface area contributed by atoms with E-state index in [-0.39, 0.29) is 0 Å². The number of ether oxygens (including phenoxy) is 2. The second kappa shape index (κ2) is 12.9. The Balaban J connectivity index is 1.18. The highest BCUT2D eigenvalue weighted by Gasteiger charge is 2.17. The van der Waals surface area contributed by atoms with Crippen molar-refractivity contribution >= 4 is 23.5 Å². The lowest BCUT2D eigenvalue weighted by molar-refractivity contribution is -0.429. The van der Waals surface area contributed by atoms with Crippen LogP contribution < -0.4 is 9.47 Å². The number of nitrogens with zero attached hydrogens (tertiary/aromatic N) is 3. The van der Waals surface area contributed by atoms with Crippen LogP contribution in [0.4, 0.5) is 5.69 Å². The van der Waals surface area contributed by atoms with Crippen LogP contribution in [0.2, 0.25) is 0 Å². The monoisotopic (exact) mass is 603 g/mol. The molecule has 1 aromatic heterocycles. The van der Waals surface area contributed by atoms with Gasteiger partial charge in [0.2, 0.25) is 11.9 Å². The molecule has 6 aromatic rings. The van der Waals surface area contributed by atoms with E-state index in [0.717, 1.165) is 56.0 Å². The summed E-state index contributed by atoms with van der Waals surface area (Å²) in [6, 6.07) is 49.9. The molecule has 0 radical (unpaired) electrons. The molecule has 0 bridgehead atoms. The van der Waals surface area contributed by atoms with Crippen molar-refractivity contribution in [2.45, 2.75) is 9.79 Å². The largest absolute Gasteiger partial charge is 0.495 e. The van der Waals surface area contributed by atoms with Gasteiger partial charge < -0.3 is 9.47 Å². The van der Waals surface area contributed by atoms with Crippen LogP contribution in [0, 0.1) is 0 Å². The minimum Gasteiger partial charge on any atom is -0.457 e. The number of hydrogen-bond acceptors (Lipinski definition) is 4. The Kier molecular flexibility index (Phi) is 8.06. The molecular weight excluding hydrogens is 575 g/mol. The molecule has 5 aromatic carbocycles. The fourth-order valence-electron chi connectivity index (χ4n) is 4.97. The molecular formula is C39H29N3O2S+2. The molecule has 0 N–H and O–H groups in total. The second-order valence-electron chi connectivity index (χ2n) is 10.5. The predicted octanol–water partition coefficient (Wildman–Crippen LogP) is 10.1. The summed E-state index contributed by atoms with van der Waals surface area (Å²) < 4.78 is 16.4. The molecule has 2 heterocycles. The zero-order valence-electron chi connectivity index (χ0n) is 24.6. The Morgan fingerprint density at radius 2 is 1.27 bits per heavy atom. The van der Waals surface area contributed by atoms with Gasteiger partial charge in [0.1, 0.15) is 23.0 Å². The third-order valence-electron chi connectivity index (χ3n) is 7.10. The molecule has 0 spiro atoms. The van der Waals surface area contributed by atoms with Crippen molar-refractivity contribution in [2.24, 2.45) is 0 Å². The fraction of sp³-hybridized carbons (Fsp3) is 0.0256. The number of benzene rings is 5. The first-order valence-electron chi connectivity index (χ1n) is 14.6. The van der Waals surface area contributed by atoms with Crippen LogP contribution in [0.1, 0.15) is 0 Å². The van der Waals surface area contributed by atoms with E-state index in [0.29, 0.717) is 0 Å². The summed E-state index contributed by atoms with van der Waals surface area (Å²) in [5, 5.41) is 0. The third kappa shape index (κ3) is 6.94. The van der Waals surface area contributed by atoms with E-state index in [1.165, 1.54) is 4.90 Å². The molecule has 0 unspecified atom stereocenters. The van der Waals surface area contributed by atoms with Gasteiger partial charge in [-0.05, 0) is 83.9 Å². The third-order valence-corrected chi connectivity index (χ3v) is 8.08. The van der Waals surface area contributed by atoms with Crippen LogP contribution >= 0.6 is 11.8 Å². The van der Waals surface area contributed by atoms with Crippen molar-refractivity contribution in [1.29, 1.82) is 0 Å². The maximum atomic E-state index is 6.29. The summed E-state index contributed by atoms with van der Waals surface area (Å²) in [5.74, 6) is 3.05. The first kappa shape index (κ1) is 28.1. The van der Waals surface area contributed by atoms with Crippen LogP contribution in [0.25, 0.3) is 22.4 Å². The highest BCUT2D eigenvalue weighted by molar-refractivity contribution is 7.99. The van der Waals surface area contributed by atoms with Crippen molar-refractivity contribution in [1.82, 2.24) is 4.98 Å². The van der Waals surface area contributed by atoms with Gasteiger partial charge in [0.25, 0.3) is 6.20 Å². The van der Waals surface area contributed by atoms with Crippen molar-refractivity contribution in [2.75, 3.05) is 7.05 Å². The number of rotatable bonds is 9. The molecule has 0 saturated heterocycles. The molecule has 0 atom stereocenters. The second-order valence-corrected chi connectivity index (χ2v) is 11.6. The number of aromatic nitrogens is 1. The van der Waals surface area contributed by atoms with Crippen LogP contribution in [-0.2, 0) is 0 Å². The minimum absolute atomic E-state index is 0.735. The van der Waals surface area contributed by atoms with Gasteiger partial charge in [-0.15, -0.1) is 0 Å². The van der Waals surface area contributed by atoms with Crippen molar-refractivity contribution in [3.63, 3.8) is 0 Å². The Morgan fingerprint density at radius 1 is 0.556 bits per heavy atom. The molecule has 0 aliphatic carbocycles. The lowest BCUT2D eigenvalue weighted by atomic mass is 10.0. The molecule has 0 fully saturated rings. The Morgan fingerprint density at radius 3 is 2.07 bits per heavy atom. The van der Waals surface area contributed by atoms with Gasteiger partial charge in [0.05, 0.1) is 11.8 Å². The molecule has 1 aliphatic heterocycles. The van der Waals surface area contributed by atoms with Crippen LogP contribution in [0.5, 0.6) is 23.0 Å². The zero-order valence-corrected chi connectivity index (χ0v) is 25.4. The fourth-order valence-corrected chi connectivity index (χ4v) is 5.90. The van der Waals surface area contributed by atoms with E-state index >= 15 is 0 Å². The first-order valence-corrected chi connectivity index (χ1v) is 15.4. The van der Waals surface area contributed by atoms with E-state index in [2.05, 4.69) is 60.6 Å². The Labute approximate surface area is 266 Å². The molecule has 5 nitrogen and oxygen atoms in total. The normalized spacial score (nSPS) is 12.0. The van der Waals surface area contributed by atoms with Gasteiger partial charge in [-0.25, -0.2) is 0 Å². The van der Waals surface area contributed by atoms with Crippen LogP contribution in [-0.4, -0.2) is 27.2 Å². The van der Waals surface area contributed by atoms with Gasteiger partial charge in [-0.1, -0.05) is 75.5 Å². The zero-order chi connectivity index (χ0) is 30.4. The van der Waals surface area contributed by atoms with Gasteiger partial charge in [0.15, 0.2) is 7.05 Å². The molecule has 216 valence electrons. The lowest BCUT2D eigenvalue weighted by Crippen LogP contribution is -1.94. The highest BCUT2D eigenvalue weighted by Crippen LogP contribution is 2.37. The smallest absolute Gasteiger partial charge is 0.457 e. The van der Waals surface area contributed by atoms with Gasteiger partial charge in [-0.3, -0.25) is 4.98 Å². The number of pyridine rings is 1. The highest BCUT2D eigenvalue weighted by atomic mass is 32.2. The quantitative estimate of drug-likeness (QED) is 0.154. The average molecular weight is 604 g/mol. The Bertz CT molecular complexity index is 2030. The first-order chi connectivity index (χ1) is 22.1. The van der Waals surface area contributed by atoms with Crippen LogP contribution in [0.3, 0.4) is 0 Å². The maximum absolute atomic E-state index is 6.29. The topological polar surface area (TPSA) is 37.4 Å². The average Bonchev–Trinajstić information content (AvgIpc) is 3.52. The molecule has 0 saturated carbocycles. The van der Waals surface area contributed by atoms with E-state index in [1.54, 1.807) is 11.8 Å². The summed E-state index contributed by atoms with van der Waals surface area (Å²) in [6.07, 6.45) is 5.77. The summed E-state index contributed by atoms with van der Waals surface area (Å²) in [7, 11) is 1.95. The van der Waals surface area contributed by atoms with Crippen LogP contribution in [0.15, 0.2) is 168 Å². The van der Waals surface area contributed by atoms with E-state index in [1.807, 2.05) is 120 Å². The Hall–Kier alpha value is -5.68. The summed E-state index contributed by atoms with van der Waals surface area (Å²) >= 11 is 1.71. The SMILES string of the molecule is C[N+]1=C=[N+](c2cccc(Oc3cccc(-c4cc(-c5cc(Oc6ccccc6)cc(Sc6ccccc6)c5)ccn4)c3)c2)C=C1. The molecule has 0 amide bonds. The standard InChI is InChI=1S/C39H29N3O2S/c1-41-20-21-42(28-41)32-11-9-15-35(26-32)44-34-14-8-10-30(22-34)39-25-29(18-19-40-39)31-23-36(43-33-12-4-2-5-13-33)27-38(24-31)45-37-16-6-3-7-17-37/h2-27H,1H3/q+2. The van der Waals surface area contributed by atoms with E-state index in [4.69, 9.17) is 14.5 Å². The van der Waals surface area contributed by atoms with Gasteiger partial charge in [-0.2, -0.15) is 0 Å². The minimum atomic E-state index is 0.735.